The van der Waals surface area contributed by atoms with Crippen LogP contribution >= 0.6 is 0 Å². The summed E-state index contributed by atoms with van der Waals surface area (Å²) in [4.78, 5) is 14.8. The Hall–Kier alpha value is -1.44. The number of aryl methyl sites for hydroxylation is 1. The van der Waals surface area contributed by atoms with Crippen molar-refractivity contribution >= 4 is 15.9 Å². The van der Waals surface area contributed by atoms with Gasteiger partial charge in [-0.1, -0.05) is 33.8 Å². The Bertz CT molecular complexity index is 724. The summed E-state index contributed by atoms with van der Waals surface area (Å²) in [7, 11) is 0.387. The molecule has 0 aliphatic heterocycles. The first-order chi connectivity index (χ1) is 11.9. The Kier molecular flexibility index (Phi) is 7.80. The van der Waals surface area contributed by atoms with Crippen LogP contribution in [0.3, 0.4) is 0 Å². The summed E-state index contributed by atoms with van der Waals surface area (Å²) in [5, 5.41) is 2.93. The van der Waals surface area contributed by atoms with Gasteiger partial charge in [-0.25, -0.2) is 8.42 Å². The van der Waals surface area contributed by atoms with Crippen LogP contribution in [-0.4, -0.2) is 63.8 Å². The molecule has 0 unspecified atom stereocenters. The SMILES string of the molecule is CCN(CC)S(=O)(=O)c1cc(C(=O)NCC(C)(C)CN(C)C)ccc1C. The van der Waals surface area contributed by atoms with Gasteiger partial charge in [0, 0.05) is 31.7 Å². The molecule has 0 atom stereocenters. The van der Waals surface area contributed by atoms with Crippen LogP contribution in [0.2, 0.25) is 0 Å². The average molecular weight is 384 g/mol. The van der Waals surface area contributed by atoms with E-state index in [1.165, 1.54) is 10.4 Å². The Morgan fingerprint density at radius 3 is 2.23 bits per heavy atom. The summed E-state index contributed by atoms with van der Waals surface area (Å²) in [6.45, 7) is 11.7. The van der Waals surface area contributed by atoms with Gasteiger partial charge in [0.1, 0.15) is 0 Å². The van der Waals surface area contributed by atoms with Crippen LogP contribution in [0.15, 0.2) is 23.1 Å². The van der Waals surface area contributed by atoms with Crippen molar-refractivity contribution < 1.29 is 13.2 Å². The minimum absolute atomic E-state index is 0.0833. The van der Waals surface area contributed by atoms with E-state index < -0.39 is 10.0 Å². The van der Waals surface area contributed by atoms with Gasteiger partial charge in [-0.2, -0.15) is 4.31 Å². The van der Waals surface area contributed by atoms with Crippen LogP contribution in [0.1, 0.15) is 43.6 Å². The second-order valence-electron chi connectivity index (χ2n) is 7.65. The fourth-order valence-electron chi connectivity index (χ4n) is 3.06. The van der Waals surface area contributed by atoms with E-state index in [1.54, 1.807) is 32.9 Å². The van der Waals surface area contributed by atoms with Crippen LogP contribution in [0.25, 0.3) is 0 Å². The van der Waals surface area contributed by atoms with Crippen molar-refractivity contribution in [2.75, 3.05) is 40.3 Å². The van der Waals surface area contributed by atoms with Crippen molar-refractivity contribution in [1.82, 2.24) is 14.5 Å². The Morgan fingerprint density at radius 2 is 1.73 bits per heavy atom. The molecule has 0 aliphatic carbocycles. The van der Waals surface area contributed by atoms with E-state index in [4.69, 9.17) is 0 Å². The highest BCUT2D eigenvalue weighted by molar-refractivity contribution is 7.89. The number of benzene rings is 1. The zero-order valence-corrected chi connectivity index (χ0v) is 17.9. The van der Waals surface area contributed by atoms with Gasteiger partial charge >= 0.3 is 0 Å². The molecule has 148 valence electrons. The van der Waals surface area contributed by atoms with Gasteiger partial charge in [-0.15, -0.1) is 0 Å². The molecule has 1 rings (SSSR count). The minimum atomic E-state index is -3.60. The van der Waals surface area contributed by atoms with E-state index >= 15 is 0 Å². The largest absolute Gasteiger partial charge is 0.351 e. The number of nitrogens with zero attached hydrogens (tertiary/aromatic N) is 2. The van der Waals surface area contributed by atoms with Crippen LogP contribution in [0.5, 0.6) is 0 Å². The lowest BCUT2D eigenvalue weighted by Gasteiger charge is -2.28. The van der Waals surface area contributed by atoms with E-state index in [-0.39, 0.29) is 16.2 Å². The van der Waals surface area contributed by atoms with Gasteiger partial charge in [-0.05, 0) is 44.1 Å². The predicted octanol–water partition coefficient (Wildman–Crippen LogP) is 2.34. The number of hydrogen-bond donors (Lipinski definition) is 1. The second kappa shape index (κ2) is 8.97. The van der Waals surface area contributed by atoms with Crippen molar-refractivity contribution in [3.63, 3.8) is 0 Å². The third kappa shape index (κ3) is 5.79. The van der Waals surface area contributed by atoms with Crippen LogP contribution in [0, 0.1) is 12.3 Å². The van der Waals surface area contributed by atoms with E-state index in [2.05, 4.69) is 24.1 Å². The van der Waals surface area contributed by atoms with Crippen LogP contribution in [-0.2, 0) is 10.0 Å². The lowest BCUT2D eigenvalue weighted by molar-refractivity contribution is 0.0929. The number of rotatable bonds is 9. The van der Waals surface area contributed by atoms with Gasteiger partial charge < -0.3 is 10.2 Å². The second-order valence-corrected chi connectivity index (χ2v) is 9.56. The highest BCUT2D eigenvalue weighted by Crippen LogP contribution is 2.22. The maximum absolute atomic E-state index is 12.8. The third-order valence-electron chi connectivity index (χ3n) is 4.25. The topological polar surface area (TPSA) is 69.7 Å². The van der Waals surface area contributed by atoms with Crippen molar-refractivity contribution in [3.8, 4) is 0 Å². The Morgan fingerprint density at radius 1 is 1.15 bits per heavy atom. The molecule has 0 heterocycles. The number of amides is 1. The quantitative estimate of drug-likeness (QED) is 0.711. The van der Waals surface area contributed by atoms with Gasteiger partial charge in [0.15, 0.2) is 0 Å². The first kappa shape index (κ1) is 22.6. The maximum atomic E-state index is 12.8. The first-order valence-electron chi connectivity index (χ1n) is 8.98. The molecular formula is C19H33N3O3S. The normalized spacial score (nSPS) is 12.7. The molecule has 0 spiro atoms. The van der Waals surface area contributed by atoms with Crippen LogP contribution < -0.4 is 5.32 Å². The molecule has 1 amide bonds. The Balaban J connectivity index is 3.05. The van der Waals surface area contributed by atoms with E-state index in [1.807, 2.05) is 14.1 Å². The van der Waals surface area contributed by atoms with Crippen molar-refractivity contribution in [2.24, 2.45) is 5.41 Å². The third-order valence-corrected chi connectivity index (χ3v) is 6.44. The first-order valence-corrected chi connectivity index (χ1v) is 10.4. The molecule has 1 aromatic rings. The zero-order chi connectivity index (χ0) is 20.1. The molecule has 26 heavy (non-hydrogen) atoms. The van der Waals surface area contributed by atoms with Gasteiger partial charge in [0.25, 0.3) is 5.91 Å². The van der Waals surface area contributed by atoms with Gasteiger partial charge in [0.2, 0.25) is 10.0 Å². The predicted molar refractivity (Wildman–Crippen MR) is 106 cm³/mol. The molecule has 1 N–H and O–H groups in total. The molecule has 0 saturated carbocycles. The van der Waals surface area contributed by atoms with E-state index in [0.717, 1.165) is 6.54 Å². The molecule has 0 aliphatic rings. The van der Waals surface area contributed by atoms with Crippen molar-refractivity contribution in [2.45, 2.75) is 39.5 Å². The molecule has 6 nitrogen and oxygen atoms in total. The summed E-state index contributed by atoms with van der Waals surface area (Å²) in [5.41, 5.74) is 0.920. The lowest BCUT2D eigenvalue weighted by Crippen LogP contribution is -2.40. The number of carbonyl (C=O) groups excluding carboxylic acids is 1. The average Bonchev–Trinajstić information content (AvgIpc) is 2.52. The lowest BCUT2D eigenvalue weighted by atomic mass is 9.93. The zero-order valence-electron chi connectivity index (χ0n) is 17.1. The molecule has 0 aromatic heterocycles. The highest BCUT2D eigenvalue weighted by Gasteiger charge is 2.25. The molecule has 0 fully saturated rings. The summed E-state index contributed by atoms with van der Waals surface area (Å²) >= 11 is 0. The smallest absolute Gasteiger partial charge is 0.251 e. The Labute approximate surface area is 158 Å². The fourth-order valence-corrected chi connectivity index (χ4v) is 4.76. The molecular weight excluding hydrogens is 350 g/mol. The maximum Gasteiger partial charge on any atom is 0.251 e. The van der Waals surface area contributed by atoms with Gasteiger partial charge in [0.05, 0.1) is 4.90 Å². The molecule has 0 saturated heterocycles. The molecule has 1 aromatic carbocycles. The van der Waals surface area contributed by atoms with Crippen LogP contribution in [0.4, 0.5) is 0 Å². The minimum Gasteiger partial charge on any atom is -0.351 e. The van der Waals surface area contributed by atoms with Gasteiger partial charge in [-0.3, -0.25) is 4.79 Å². The van der Waals surface area contributed by atoms with E-state index in [0.29, 0.717) is 30.8 Å². The molecule has 0 radical (unpaired) electrons. The fraction of sp³-hybridized carbons (Fsp3) is 0.632. The summed E-state index contributed by atoms with van der Waals surface area (Å²) in [6.07, 6.45) is 0. The number of carbonyl (C=O) groups is 1. The van der Waals surface area contributed by atoms with Crippen molar-refractivity contribution in [1.29, 1.82) is 0 Å². The highest BCUT2D eigenvalue weighted by atomic mass is 32.2. The summed E-state index contributed by atoms with van der Waals surface area (Å²) in [6, 6.07) is 4.85. The monoisotopic (exact) mass is 383 g/mol. The van der Waals surface area contributed by atoms with Crippen molar-refractivity contribution in [3.05, 3.63) is 29.3 Å². The molecule has 0 bridgehead atoms. The summed E-state index contributed by atoms with van der Waals surface area (Å²) < 4.78 is 27.0. The van der Waals surface area contributed by atoms with E-state index in [9.17, 15) is 13.2 Å². The standard InChI is InChI=1S/C19H33N3O3S/c1-8-22(9-2)26(24,25)17-12-16(11-10-15(17)3)18(23)20-13-19(4,5)14-21(6)7/h10-12H,8-9,13-14H2,1-7H3,(H,20,23). The number of hydrogen-bond acceptors (Lipinski definition) is 4. The summed E-state index contributed by atoms with van der Waals surface area (Å²) in [5.74, 6) is -0.257. The number of nitrogens with one attached hydrogen (secondary N) is 1. The molecule has 7 heteroatoms. The number of sulfonamides is 1.